The maximum absolute atomic E-state index is 9.71. The molecule has 0 radical (unpaired) electrons. The highest BCUT2D eigenvalue weighted by molar-refractivity contribution is 6.17. The van der Waals surface area contributed by atoms with E-state index in [0.29, 0.717) is 12.5 Å². The van der Waals surface area contributed by atoms with E-state index in [1.807, 2.05) is 0 Å². The summed E-state index contributed by atoms with van der Waals surface area (Å²) in [6.45, 7) is 0.0422. The van der Waals surface area contributed by atoms with E-state index in [9.17, 15) is 4.79 Å². The fraction of sp³-hybridized carbons (Fsp3) is 0.750. The number of carboxylic acids is 1. The SMILES string of the molecule is Cl.O=C(O)COCCCl. The molecule has 0 spiro atoms. The van der Waals surface area contributed by atoms with E-state index in [1.165, 1.54) is 0 Å². The molecule has 0 aliphatic heterocycles. The second-order valence-electron chi connectivity index (χ2n) is 1.14. The van der Waals surface area contributed by atoms with Gasteiger partial charge >= 0.3 is 5.97 Å². The summed E-state index contributed by atoms with van der Waals surface area (Å²) in [6, 6.07) is 0. The zero-order valence-corrected chi connectivity index (χ0v) is 6.24. The summed E-state index contributed by atoms with van der Waals surface area (Å²) in [7, 11) is 0. The molecule has 5 heteroatoms. The van der Waals surface area contributed by atoms with E-state index in [4.69, 9.17) is 16.7 Å². The Balaban J connectivity index is 0. The summed E-state index contributed by atoms with van der Waals surface area (Å²) in [6.07, 6.45) is 0. The number of ether oxygens (including phenoxy) is 1. The van der Waals surface area contributed by atoms with Crippen LogP contribution >= 0.6 is 24.0 Å². The van der Waals surface area contributed by atoms with Crippen molar-refractivity contribution in [2.45, 2.75) is 0 Å². The van der Waals surface area contributed by atoms with Crippen LogP contribution in [0.3, 0.4) is 0 Å². The second kappa shape index (κ2) is 8.01. The summed E-state index contributed by atoms with van der Waals surface area (Å²) in [5.74, 6) is -0.622. The molecule has 0 heterocycles. The van der Waals surface area contributed by atoms with E-state index in [-0.39, 0.29) is 19.0 Å². The van der Waals surface area contributed by atoms with Crippen LogP contribution in [0.25, 0.3) is 0 Å². The number of aliphatic carboxylic acids is 1. The predicted molar refractivity (Wildman–Crippen MR) is 36.4 cm³/mol. The molecule has 0 fully saturated rings. The van der Waals surface area contributed by atoms with Crippen molar-refractivity contribution in [3.8, 4) is 0 Å². The highest BCUT2D eigenvalue weighted by Gasteiger charge is 1.92. The van der Waals surface area contributed by atoms with Crippen LogP contribution in [0.5, 0.6) is 0 Å². The fourth-order valence-electron chi connectivity index (χ4n) is 0.214. The molecule has 0 bridgehead atoms. The van der Waals surface area contributed by atoms with Crippen LogP contribution in [0.4, 0.5) is 0 Å². The number of carboxylic acid groups (broad SMARTS) is 1. The van der Waals surface area contributed by atoms with Gasteiger partial charge in [0.2, 0.25) is 0 Å². The Hall–Kier alpha value is 0.01000. The van der Waals surface area contributed by atoms with Crippen molar-refractivity contribution in [1.29, 1.82) is 0 Å². The van der Waals surface area contributed by atoms with Crippen molar-refractivity contribution in [2.75, 3.05) is 19.1 Å². The number of halogens is 2. The van der Waals surface area contributed by atoms with E-state index < -0.39 is 5.97 Å². The van der Waals surface area contributed by atoms with Gasteiger partial charge < -0.3 is 9.84 Å². The minimum Gasteiger partial charge on any atom is -0.480 e. The Bertz CT molecular complexity index is 76.2. The molecule has 0 saturated heterocycles. The average Bonchev–Trinajstić information content (AvgIpc) is 1.66. The first-order valence-corrected chi connectivity index (χ1v) is 2.66. The third-order valence-electron chi connectivity index (χ3n) is 0.447. The van der Waals surface area contributed by atoms with Gasteiger partial charge in [-0.05, 0) is 0 Å². The van der Waals surface area contributed by atoms with Gasteiger partial charge in [0.1, 0.15) is 6.61 Å². The van der Waals surface area contributed by atoms with E-state index in [2.05, 4.69) is 4.74 Å². The summed E-state index contributed by atoms with van der Waals surface area (Å²) < 4.78 is 4.51. The largest absolute Gasteiger partial charge is 0.480 e. The minimum absolute atomic E-state index is 0. The van der Waals surface area contributed by atoms with Crippen LogP contribution in [-0.2, 0) is 9.53 Å². The molecule has 0 aliphatic carbocycles. The fourth-order valence-corrected chi connectivity index (χ4v) is 0.323. The molecule has 3 nitrogen and oxygen atoms in total. The number of alkyl halides is 1. The smallest absolute Gasteiger partial charge is 0.329 e. The lowest BCUT2D eigenvalue weighted by atomic mass is 10.7. The van der Waals surface area contributed by atoms with E-state index >= 15 is 0 Å². The predicted octanol–water partition coefficient (Wildman–Crippen LogP) is 0.748. The molecule has 0 aromatic heterocycles. The summed E-state index contributed by atoms with van der Waals surface area (Å²) in [5.41, 5.74) is 0. The van der Waals surface area contributed by atoms with Crippen molar-refractivity contribution in [3.05, 3.63) is 0 Å². The molecular formula is C4H8Cl2O3. The summed E-state index contributed by atoms with van der Waals surface area (Å²) in [5, 5.41) is 7.97. The standard InChI is InChI=1S/C4H7ClO3.ClH/c5-1-2-8-3-4(6)7;/h1-3H2,(H,6,7);1H. The Labute approximate surface area is 64.4 Å². The first-order chi connectivity index (χ1) is 3.77. The molecule has 0 saturated carbocycles. The van der Waals surface area contributed by atoms with Gasteiger partial charge in [0.05, 0.1) is 6.61 Å². The van der Waals surface area contributed by atoms with Crippen molar-refractivity contribution >= 4 is 30.0 Å². The Kier molecular flexibility index (Phi) is 10.5. The molecule has 9 heavy (non-hydrogen) atoms. The number of rotatable bonds is 4. The minimum atomic E-state index is -0.963. The summed E-state index contributed by atoms with van der Waals surface area (Å²) in [4.78, 5) is 9.71. The number of carbonyl (C=O) groups is 1. The number of hydrogen-bond acceptors (Lipinski definition) is 2. The van der Waals surface area contributed by atoms with Crippen molar-refractivity contribution in [1.82, 2.24) is 0 Å². The van der Waals surface area contributed by atoms with Crippen LogP contribution < -0.4 is 0 Å². The third-order valence-corrected chi connectivity index (χ3v) is 0.601. The summed E-state index contributed by atoms with van der Waals surface area (Å²) >= 11 is 5.17. The van der Waals surface area contributed by atoms with E-state index in [0.717, 1.165) is 0 Å². The van der Waals surface area contributed by atoms with Gasteiger partial charge in [-0.25, -0.2) is 4.79 Å². The van der Waals surface area contributed by atoms with Crippen LogP contribution in [-0.4, -0.2) is 30.2 Å². The van der Waals surface area contributed by atoms with Crippen molar-refractivity contribution in [3.63, 3.8) is 0 Å². The first kappa shape index (κ1) is 11.8. The van der Waals surface area contributed by atoms with Gasteiger partial charge in [-0.3, -0.25) is 0 Å². The van der Waals surface area contributed by atoms with E-state index in [1.54, 1.807) is 0 Å². The first-order valence-electron chi connectivity index (χ1n) is 2.13. The lowest BCUT2D eigenvalue weighted by Crippen LogP contribution is -2.07. The van der Waals surface area contributed by atoms with Gasteiger partial charge in [0, 0.05) is 5.88 Å². The molecule has 0 aromatic rings. The van der Waals surface area contributed by atoms with Crippen LogP contribution in [0.2, 0.25) is 0 Å². The highest BCUT2D eigenvalue weighted by Crippen LogP contribution is 1.77. The maximum Gasteiger partial charge on any atom is 0.329 e. The Morgan fingerprint density at radius 2 is 2.22 bits per heavy atom. The third kappa shape index (κ3) is 11.5. The Morgan fingerprint density at radius 3 is 2.56 bits per heavy atom. The zero-order valence-electron chi connectivity index (χ0n) is 4.67. The van der Waals surface area contributed by atoms with Gasteiger partial charge in [0.15, 0.2) is 0 Å². The van der Waals surface area contributed by atoms with Crippen LogP contribution in [0, 0.1) is 0 Å². The van der Waals surface area contributed by atoms with Crippen LogP contribution in [0.15, 0.2) is 0 Å². The molecule has 0 atom stereocenters. The lowest BCUT2D eigenvalue weighted by Gasteiger charge is -1.93. The lowest BCUT2D eigenvalue weighted by molar-refractivity contribution is -0.141. The number of hydrogen-bond donors (Lipinski definition) is 1. The molecule has 0 aromatic carbocycles. The van der Waals surface area contributed by atoms with Gasteiger partial charge in [0.25, 0.3) is 0 Å². The molecule has 0 rings (SSSR count). The monoisotopic (exact) mass is 174 g/mol. The highest BCUT2D eigenvalue weighted by atomic mass is 35.5. The average molecular weight is 175 g/mol. The molecule has 0 unspecified atom stereocenters. The van der Waals surface area contributed by atoms with Crippen LogP contribution in [0.1, 0.15) is 0 Å². The van der Waals surface area contributed by atoms with Crippen molar-refractivity contribution in [2.24, 2.45) is 0 Å². The Morgan fingerprint density at radius 1 is 1.67 bits per heavy atom. The molecule has 1 N–H and O–H groups in total. The van der Waals surface area contributed by atoms with Crippen molar-refractivity contribution < 1.29 is 14.6 Å². The normalized spacial score (nSPS) is 8.11. The molecule has 56 valence electrons. The maximum atomic E-state index is 9.71. The topological polar surface area (TPSA) is 46.5 Å². The van der Waals surface area contributed by atoms with Gasteiger partial charge in [-0.2, -0.15) is 0 Å². The quantitative estimate of drug-likeness (QED) is 0.506. The van der Waals surface area contributed by atoms with Gasteiger partial charge in [-0.1, -0.05) is 0 Å². The zero-order chi connectivity index (χ0) is 6.41. The van der Waals surface area contributed by atoms with Gasteiger partial charge in [-0.15, -0.1) is 24.0 Å². The molecule has 0 amide bonds. The molecular weight excluding hydrogens is 167 g/mol. The molecule has 0 aliphatic rings. The second-order valence-corrected chi connectivity index (χ2v) is 1.51.